The largest absolute Gasteiger partial charge is 0.494 e. The van der Waals surface area contributed by atoms with Gasteiger partial charge in [0.15, 0.2) is 0 Å². The fourth-order valence-corrected chi connectivity index (χ4v) is 4.82. The van der Waals surface area contributed by atoms with E-state index in [1.54, 1.807) is 30.5 Å². The number of hydrogen-bond donors (Lipinski definition) is 0. The van der Waals surface area contributed by atoms with Crippen LogP contribution in [0.5, 0.6) is 5.75 Å². The number of halogens is 1. The van der Waals surface area contributed by atoms with Crippen LogP contribution in [0.2, 0.25) is 5.02 Å². The van der Waals surface area contributed by atoms with Crippen LogP contribution in [0.15, 0.2) is 53.6 Å². The van der Waals surface area contributed by atoms with E-state index in [9.17, 15) is 8.42 Å². The summed E-state index contributed by atoms with van der Waals surface area (Å²) in [5.41, 5.74) is 1.56. The first kappa shape index (κ1) is 18.8. The minimum Gasteiger partial charge on any atom is -0.494 e. The third-order valence-corrected chi connectivity index (χ3v) is 6.24. The van der Waals surface area contributed by atoms with Gasteiger partial charge in [-0.05, 0) is 51.4 Å². The van der Waals surface area contributed by atoms with Gasteiger partial charge in [0.05, 0.1) is 17.1 Å². The van der Waals surface area contributed by atoms with Crippen LogP contribution in [-0.2, 0) is 16.6 Å². The van der Waals surface area contributed by atoms with Crippen molar-refractivity contribution < 1.29 is 13.2 Å². The predicted molar refractivity (Wildman–Crippen MR) is 105 cm³/mol. The SMILES string of the molecule is CCOc1ccc2c(ccn2S(=O)(=O)c2ccccc2Cl)c1CN(C)C. The molecule has 0 amide bonds. The molecule has 3 aromatic rings. The highest BCUT2D eigenvalue weighted by Gasteiger charge is 2.23. The zero-order valence-corrected chi connectivity index (χ0v) is 16.5. The quantitative estimate of drug-likeness (QED) is 0.636. The highest BCUT2D eigenvalue weighted by Crippen LogP contribution is 2.33. The van der Waals surface area contributed by atoms with E-state index in [1.807, 2.05) is 38.1 Å². The van der Waals surface area contributed by atoms with Gasteiger partial charge in [-0.15, -0.1) is 0 Å². The molecule has 0 aliphatic carbocycles. The molecule has 0 aliphatic rings. The molecule has 0 N–H and O–H groups in total. The Morgan fingerprint density at radius 2 is 1.85 bits per heavy atom. The fraction of sp³-hybridized carbons (Fsp3) is 0.263. The topological polar surface area (TPSA) is 51.5 Å². The zero-order chi connectivity index (χ0) is 18.9. The number of aromatic nitrogens is 1. The molecular weight excluding hydrogens is 372 g/mol. The monoisotopic (exact) mass is 392 g/mol. The third-order valence-electron chi connectivity index (χ3n) is 4.05. The number of hydrogen-bond acceptors (Lipinski definition) is 4. The van der Waals surface area contributed by atoms with Gasteiger partial charge < -0.3 is 9.64 Å². The van der Waals surface area contributed by atoms with Crippen LogP contribution in [0.25, 0.3) is 10.9 Å². The summed E-state index contributed by atoms with van der Waals surface area (Å²) in [6, 6.07) is 11.9. The summed E-state index contributed by atoms with van der Waals surface area (Å²) < 4.78 is 33.2. The standard InChI is InChI=1S/C19H21ClN2O3S/c1-4-25-18-10-9-17-14(15(18)13-21(2)3)11-12-22(17)26(23,24)19-8-6-5-7-16(19)20/h5-12H,4,13H2,1-3H3. The molecule has 138 valence electrons. The second-order valence-corrected chi connectivity index (χ2v) is 8.38. The van der Waals surface area contributed by atoms with Crippen LogP contribution in [0.1, 0.15) is 12.5 Å². The lowest BCUT2D eigenvalue weighted by molar-refractivity contribution is 0.326. The van der Waals surface area contributed by atoms with E-state index < -0.39 is 10.0 Å². The Hall–Kier alpha value is -2.02. The number of nitrogens with zero attached hydrogens (tertiary/aromatic N) is 2. The van der Waals surface area contributed by atoms with Crippen molar-refractivity contribution in [3.05, 3.63) is 59.2 Å². The van der Waals surface area contributed by atoms with Crippen molar-refractivity contribution in [2.24, 2.45) is 0 Å². The van der Waals surface area contributed by atoms with Gasteiger partial charge in [0.25, 0.3) is 10.0 Å². The Bertz CT molecular complexity index is 1040. The molecule has 0 saturated heterocycles. The molecule has 0 fully saturated rings. The highest BCUT2D eigenvalue weighted by atomic mass is 35.5. The predicted octanol–water partition coefficient (Wildman–Crippen LogP) is 3.99. The summed E-state index contributed by atoms with van der Waals surface area (Å²) >= 11 is 6.12. The van der Waals surface area contributed by atoms with Crippen molar-refractivity contribution in [1.82, 2.24) is 8.87 Å². The van der Waals surface area contributed by atoms with Crippen molar-refractivity contribution in [3.8, 4) is 5.75 Å². The first-order chi connectivity index (χ1) is 12.4. The Morgan fingerprint density at radius 3 is 2.50 bits per heavy atom. The lowest BCUT2D eigenvalue weighted by Crippen LogP contribution is -2.14. The maximum Gasteiger partial charge on any atom is 0.269 e. The molecule has 2 aromatic carbocycles. The van der Waals surface area contributed by atoms with Crippen LogP contribution in [-0.4, -0.2) is 38.0 Å². The van der Waals surface area contributed by atoms with Gasteiger partial charge >= 0.3 is 0 Å². The number of ether oxygens (including phenoxy) is 1. The molecular formula is C19H21ClN2O3S. The second-order valence-electron chi connectivity index (χ2n) is 6.19. The van der Waals surface area contributed by atoms with Crippen LogP contribution in [0.4, 0.5) is 0 Å². The van der Waals surface area contributed by atoms with Crippen LogP contribution in [0.3, 0.4) is 0 Å². The average Bonchev–Trinajstić information content (AvgIpc) is 3.02. The van der Waals surface area contributed by atoms with Gasteiger partial charge in [-0.25, -0.2) is 12.4 Å². The van der Waals surface area contributed by atoms with E-state index in [4.69, 9.17) is 16.3 Å². The van der Waals surface area contributed by atoms with Crippen molar-refractivity contribution in [1.29, 1.82) is 0 Å². The third kappa shape index (κ3) is 3.32. The molecule has 0 bridgehead atoms. The van der Waals surface area contributed by atoms with Crippen molar-refractivity contribution in [2.45, 2.75) is 18.4 Å². The molecule has 0 aliphatic heterocycles. The van der Waals surface area contributed by atoms with E-state index in [-0.39, 0.29) is 9.92 Å². The second kappa shape index (κ2) is 7.31. The summed E-state index contributed by atoms with van der Waals surface area (Å²) in [6.45, 7) is 3.12. The summed E-state index contributed by atoms with van der Waals surface area (Å²) in [4.78, 5) is 2.11. The Kier molecular flexibility index (Phi) is 5.27. The average molecular weight is 393 g/mol. The van der Waals surface area contributed by atoms with Crippen molar-refractivity contribution in [3.63, 3.8) is 0 Å². The minimum absolute atomic E-state index is 0.0854. The molecule has 1 heterocycles. The van der Waals surface area contributed by atoms with E-state index in [1.165, 1.54) is 10.0 Å². The summed E-state index contributed by atoms with van der Waals surface area (Å²) in [5.74, 6) is 0.765. The lowest BCUT2D eigenvalue weighted by Gasteiger charge is -2.16. The van der Waals surface area contributed by atoms with Gasteiger partial charge in [-0.1, -0.05) is 23.7 Å². The first-order valence-corrected chi connectivity index (χ1v) is 10.1. The Labute approximate surface area is 158 Å². The van der Waals surface area contributed by atoms with Gasteiger partial charge in [-0.3, -0.25) is 0 Å². The normalized spacial score (nSPS) is 12.0. The summed E-state index contributed by atoms with van der Waals surface area (Å²) in [7, 11) is 0.136. The Morgan fingerprint density at radius 1 is 1.12 bits per heavy atom. The molecule has 0 atom stereocenters. The molecule has 7 heteroatoms. The number of fused-ring (bicyclic) bond motifs is 1. The fourth-order valence-electron chi connectivity index (χ4n) is 2.97. The van der Waals surface area contributed by atoms with Gasteiger partial charge in [0, 0.05) is 23.7 Å². The van der Waals surface area contributed by atoms with Gasteiger partial charge in [0.1, 0.15) is 10.6 Å². The lowest BCUT2D eigenvalue weighted by atomic mass is 10.1. The molecule has 3 rings (SSSR count). The van der Waals surface area contributed by atoms with E-state index in [2.05, 4.69) is 0 Å². The molecule has 0 radical (unpaired) electrons. The van der Waals surface area contributed by atoms with Crippen LogP contribution >= 0.6 is 11.6 Å². The summed E-state index contributed by atoms with van der Waals surface area (Å²) in [6.07, 6.45) is 1.57. The smallest absolute Gasteiger partial charge is 0.269 e. The molecule has 1 aromatic heterocycles. The minimum atomic E-state index is -3.79. The van der Waals surface area contributed by atoms with Crippen molar-refractivity contribution in [2.75, 3.05) is 20.7 Å². The van der Waals surface area contributed by atoms with Gasteiger partial charge in [0.2, 0.25) is 0 Å². The first-order valence-electron chi connectivity index (χ1n) is 8.26. The molecule has 0 spiro atoms. The maximum absolute atomic E-state index is 13.1. The van der Waals surface area contributed by atoms with E-state index in [0.717, 1.165) is 16.7 Å². The number of benzene rings is 2. The molecule has 5 nitrogen and oxygen atoms in total. The zero-order valence-electron chi connectivity index (χ0n) is 14.9. The summed E-state index contributed by atoms with van der Waals surface area (Å²) in [5, 5.41) is 1.05. The van der Waals surface area contributed by atoms with Gasteiger partial charge in [-0.2, -0.15) is 0 Å². The molecule has 0 saturated carbocycles. The van der Waals surface area contributed by atoms with Crippen molar-refractivity contribution >= 4 is 32.5 Å². The van der Waals surface area contributed by atoms with Crippen LogP contribution in [0, 0.1) is 0 Å². The Balaban J connectivity index is 2.22. The number of rotatable bonds is 6. The highest BCUT2D eigenvalue weighted by molar-refractivity contribution is 7.90. The van der Waals surface area contributed by atoms with Crippen LogP contribution < -0.4 is 4.74 Å². The van der Waals surface area contributed by atoms with E-state index >= 15 is 0 Å². The maximum atomic E-state index is 13.1. The van der Waals surface area contributed by atoms with E-state index in [0.29, 0.717) is 18.7 Å². The molecule has 0 unspecified atom stereocenters. The molecule has 26 heavy (non-hydrogen) atoms.